The summed E-state index contributed by atoms with van der Waals surface area (Å²) in [7, 11) is 0. The normalized spacial score (nSPS) is 11.4. The van der Waals surface area contributed by atoms with Crippen LogP contribution in [0.25, 0.3) is 26.1 Å². The van der Waals surface area contributed by atoms with Crippen molar-refractivity contribution in [3.05, 3.63) is 82.7 Å². The molecule has 5 rings (SSSR count). The zero-order chi connectivity index (χ0) is 21.7. The quantitative estimate of drug-likeness (QED) is 0.378. The molecule has 5 aromatic rings. The topological polar surface area (TPSA) is 59.8 Å². The van der Waals surface area contributed by atoms with E-state index in [2.05, 4.69) is 10.4 Å². The first-order valence-electron chi connectivity index (χ1n) is 10.2. The van der Waals surface area contributed by atoms with Gasteiger partial charge in [-0.1, -0.05) is 47.7 Å². The van der Waals surface area contributed by atoms with Gasteiger partial charge in [0.2, 0.25) is 5.13 Å². The molecule has 1 amide bonds. The second-order valence-corrected chi connectivity index (χ2v) is 8.84. The fourth-order valence-electron chi connectivity index (χ4n) is 4.08. The number of amides is 1. The van der Waals surface area contributed by atoms with E-state index in [-0.39, 0.29) is 5.91 Å². The van der Waals surface area contributed by atoms with E-state index in [0.717, 1.165) is 54.3 Å². The van der Waals surface area contributed by atoms with Crippen LogP contribution in [0.15, 0.2) is 54.6 Å². The van der Waals surface area contributed by atoms with Crippen LogP contribution < -0.4 is 5.32 Å². The largest absolute Gasteiger partial charge is 0.321 e. The summed E-state index contributed by atoms with van der Waals surface area (Å²) in [5.74, 6) is -0.106. The smallest absolute Gasteiger partial charge is 0.256 e. The molecule has 0 fully saturated rings. The van der Waals surface area contributed by atoms with Gasteiger partial charge in [0.05, 0.1) is 15.9 Å². The number of nitrogens with one attached hydrogen (secondary N) is 1. The monoisotopic (exact) mass is 426 g/mol. The van der Waals surface area contributed by atoms with Crippen LogP contribution in [0, 0.1) is 27.7 Å². The van der Waals surface area contributed by atoms with Crippen LogP contribution in [0.2, 0.25) is 0 Å². The summed E-state index contributed by atoms with van der Waals surface area (Å²) in [5, 5.41) is 10.6. The van der Waals surface area contributed by atoms with Gasteiger partial charge < -0.3 is 5.32 Å². The van der Waals surface area contributed by atoms with Crippen LogP contribution in [0.5, 0.6) is 0 Å². The third-order valence-electron chi connectivity index (χ3n) is 5.57. The van der Waals surface area contributed by atoms with E-state index in [1.165, 1.54) is 0 Å². The van der Waals surface area contributed by atoms with Crippen LogP contribution in [-0.2, 0) is 0 Å². The Hall–Kier alpha value is -3.51. The lowest BCUT2D eigenvalue weighted by atomic mass is 10.0. The van der Waals surface area contributed by atoms with Crippen LogP contribution in [0.1, 0.15) is 32.9 Å². The van der Waals surface area contributed by atoms with Crippen LogP contribution in [0.3, 0.4) is 0 Å². The fraction of sp³-hybridized carbons (Fsp3) is 0.160. The van der Waals surface area contributed by atoms with Gasteiger partial charge in [0, 0.05) is 16.9 Å². The third kappa shape index (κ3) is 3.29. The predicted molar refractivity (Wildman–Crippen MR) is 128 cm³/mol. The summed E-state index contributed by atoms with van der Waals surface area (Å²) in [6, 6.07) is 17.8. The van der Waals surface area contributed by atoms with Crippen molar-refractivity contribution in [2.24, 2.45) is 0 Å². The van der Waals surface area contributed by atoms with Gasteiger partial charge in [-0.05, 0) is 67.8 Å². The predicted octanol–water partition coefficient (Wildman–Crippen LogP) is 6.12. The molecule has 0 aliphatic carbocycles. The summed E-state index contributed by atoms with van der Waals surface area (Å²) in [5.41, 5.74) is 6.46. The van der Waals surface area contributed by atoms with Gasteiger partial charge in [0.25, 0.3) is 5.91 Å². The van der Waals surface area contributed by atoms with Crippen molar-refractivity contribution in [3.63, 3.8) is 0 Å². The highest BCUT2D eigenvalue weighted by Crippen LogP contribution is 2.35. The van der Waals surface area contributed by atoms with E-state index in [0.29, 0.717) is 5.56 Å². The van der Waals surface area contributed by atoms with Crippen molar-refractivity contribution in [1.29, 1.82) is 0 Å². The SMILES string of the molecule is Cc1cc(C)n(-c2nc3cc(C)c(NC(=O)c4cccc5ccccc45)c(C)c3s2)n1. The number of aryl methyl sites for hydroxylation is 4. The van der Waals surface area contributed by atoms with E-state index < -0.39 is 0 Å². The average molecular weight is 427 g/mol. The van der Waals surface area contributed by atoms with E-state index in [1.54, 1.807) is 11.3 Å². The molecule has 0 atom stereocenters. The molecule has 0 unspecified atom stereocenters. The first-order chi connectivity index (χ1) is 14.9. The molecular weight excluding hydrogens is 404 g/mol. The molecule has 2 heterocycles. The van der Waals surface area contributed by atoms with Crippen molar-refractivity contribution in [2.45, 2.75) is 27.7 Å². The molecule has 2 aromatic heterocycles. The van der Waals surface area contributed by atoms with Crippen molar-refractivity contribution in [3.8, 4) is 5.13 Å². The molecule has 5 nitrogen and oxygen atoms in total. The van der Waals surface area contributed by atoms with Crippen molar-refractivity contribution in [2.75, 3.05) is 5.32 Å². The Balaban J connectivity index is 1.57. The van der Waals surface area contributed by atoms with Crippen LogP contribution >= 0.6 is 11.3 Å². The minimum absolute atomic E-state index is 0.106. The maximum absolute atomic E-state index is 13.2. The number of carbonyl (C=O) groups excluding carboxylic acids is 1. The van der Waals surface area contributed by atoms with Gasteiger partial charge in [0.1, 0.15) is 0 Å². The fourth-order valence-corrected chi connectivity index (χ4v) is 5.15. The number of hydrogen-bond donors (Lipinski definition) is 1. The number of hydrogen-bond acceptors (Lipinski definition) is 4. The Morgan fingerprint density at radius 1 is 1.00 bits per heavy atom. The molecule has 6 heteroatoms. The van der Waals surface area contributed by atoms with Gasteiger partial charge in [-0.3, -0.25) is 4.79 Å². The van der Waals surface area contributed by atoms with Crippen LogP contribution in [-0.4, -0.2) is 20.7 Å². The lowest BCUT2D eigenvalue weighted by Crippen LogP contribution is -2.14. The van der Waals surface area contributed by atoms with Crippen molar-refractivity contribution < 1.29 is 4.79 Å². The number of fused-ring (bicyclic) bond motifs is 2. The average Bonchev–Trinajstić information content (AvgIpc) is 3.32. The highest BCUT2D eigenvalue weighted by atomic mass is 32.1. The summed E-state index contributed by atoms with van der Waals surface area (Å²) in [4.78, 5) is 18.0. The Bertz CT molecular complexity index is 1470. The van der Waals surface area contributed by atoms with Crippen LogP contribution in [0.4, 0.5) is 5.69 Å². The number of thiazole rings is 1. The number of benzene rings is 3. The highest BCUT2D eigenvalue weighted by Gasteiger charge is 2.18. The second-order valence-electron chi connectivity index (χ2n) is 7.86. The van der Waals surface area contributed by atoms with E-state index in [9.17, 15) is 4.79 Å². The number of anilines is 1. The Kier molecular flexibility index (Phi) is 4.59. The molecule has 0 bridgehead atoms. The molecule has 3 aromatic carbocycles. The summed E-state index contributed by atoms with van der Waals surface area (Å²) >= 11 is 1.59. The molecule has 154 valence electrons. The van der Waals surface area contributed by atoms with Gasteiger partial charge >= 0.3 is 0 Å². The molecule has 0 aliphatic rings. The van der Waals surface area contributed by atoms with Gasteiger partial charge in [0.15, 0.2) is 0 Å². The molecule has 31 heavy (non-hydrogen) atoms. The van der Waals surface area contributed by atoms with E-state index >= 15 is 0 Å². The number of carbonyl (C=O) groups is 1. The van der Waals surface area contributed by atoms with Crippen molar-refractivity contribution >= 4 is 43.9 Å². The summed E-state index contributed by atoms with van der Waals surface area (Å²) < 4.78 is 2.93. The second kappa shape index (κ2) is 7.32. The summed E-state index contributed by atoms with van der Waals surface area (Å²) in [6.45, 7) is 8.05. The Labute approximate surface area is 184 Å². The maximum atomic E-state index is 13.2. The molecule has 0 spiro atoms. The summed E-state index contributed by atoms with van der Waals surface area (Å²) in [6.07, 6.45) is 0. The van der Waals surface area contributed by atoms with Crippen molar-refractivity contribution in [1.82, 2.24) is 14.8 Å². The van der Waals surface area contributed by atoms with E-state index in [4.69, 9.17) is 4.98 Å². The number of rotatable bonds is 3. The molecule has 0 saturated heterocycles. The minimum atomic E-state index is -0.106. The van der Waals surface area contributed by atoms with E-state index in [1.807, 2.05) is 87.0 Å². The Morgan fingerprint density at radius 3 is 2.55 bits per heavy atom. The third-order valence-corrected chi connectivity index (χ3v) is 6.74. The molecule has 0 radical (unpaired) electrons. The molecule has 1 N–H and O–H groups in total. The minimum Gasteiger partial charge on any atom is -0.321 e. The lowest BCUT2D eigenvalue weighted by molar-refractivity contribution is 0.102. The molecule has 0 saturated carbocycles. The highest BCUT2D eigenvalue weighted by molar-refractivity contribution is 7.21. The maximum Gasteiger partial charge on any atom is 0.256 e. The number of nitrogens with zero attached hydrogens (tertiary/aromatic N) is 3. The first kappa shape index (κ1) is 19.5. The standard InChI is InChI=1S/C25H22N4OS/c1-14-12-21-23(31-25(26-21)29-16(3)13-15(2)28-29)17(4)22(14)27-24(30)20-11-7-9-18-8-5-6-10-19(18)20/h5-13H,1-4H3,(H,27,30). The zero-order valence-electron chi connectivity index (χ0n) is 17.9. The number of aromatic nitrogens is 3. The zero-order valence-corrected chi connectivity index (χ0v) is 18.7. The van der Waals surface area contributed by atoms with Gasteiger partial charge in [-0.15, -0.1) is 0 Å². The van der Waals surface area contributed by atoms with Gasteiger partial charge in [-0.25, -0.2) is 9.67 Å². The molecular formula is C25H22N4OS. The Morgan fingerprint density at radius 2 is 1.77 bits per heavy atom. The lowest BCUT2D eigenvalue weighted by Gasteiger charge is -2.13. The molecule has 0 aliphatic heterocycles. The first-order valence-corrected chi connectivity index (χ1v) is 11.0. The van der Waals surface area contributed by atoms with Gasteiger partial charge in [-0.2, -0.15) is 5.10 Å².